The van der Waals surface area contributed by atoms with Gasteiger partial charge in [0.2, 0.25) is 5.91 Å². The average molecular weight is 511 g/mol. The number of thiophene rings is 1. The number of amides is 1. The van der Waals surface area contributed by atoms with E-state index in [0.29, 0.717) is 12.3 Å². The van der Waals surface area contributed by atoms with E-state index >= 15 is 0 Å². The van der Waals surface area contributed by atoms with Crippen LogP contribution in [0.1, 0.15) is 49.2 Å². The van der Waals surface area contributed by atoms with Crippen molar-refractivity contribution in [3.05, 3.63) is 82.6 Å². The molecule has 0 bridgehead atoms. The Kier molecular flexibility index (Phi) is 9.64. The van der Waals surface area contributed by atoms with Crippen LogP contribution in [0.15, 0.2) is 72.1 Å². The summed E-state index contributed by atoms with van der Waals surface area (Å²) < 4.78 is 6.47. The second kappa shape index (κ2) is 13.1. The summed E-state index contributed by atoms with van der Waals surface area (Å²) in [4.78, 5) is 18.5. The first-order chi connectivity index (χ1) is 17.2. The molecule has 0 spiro atoms. The first-order valence-corrected chi connectivity index (χ1v) is 14.0. The third-order valence-corrected chi connectivity index (χ3v) is 7.88. The van der Waals surface area contributed by atoms with Crippen molar-refractivity contribution in [2.24, 2.45) is 0 Å². The zero-order valence-electron chi connectivity index (χ0n) is 20.4. The van der Waals surface area contributed by atoms with Crippen LogP contribution in [0.5, 0.6) is 5.75 Å². The lowest BCUT2D eigenvalue weighted by Crippen LogP contribution is -2.47. The van der Waals surface area contributed by atoms with Crippen molar-refractivity contribution in [1.82, 2.24) is 4.90 Å². The molecule has 186 valence electrons. The van der Waals surface area contributed by atoms with E-state index in [0.717, 1.165) is 56.8 Å². The maximum atomic E-state index is 12.8. The van der Waals surface area contributed by atoms with Crippen LogP contribution in [-0.2, 0) is 11.2 Å². The number of hydrogen-bond donors (Lipinski definition) is 0. The number of halogens is 1. The van der Waals surface area contributed by atoms with Crippen LogP contribution in [0.2, 0.25) is 0 Å². The second-order valence-corrected chi connectivity index (χ2v) is 10.3. The van der Waals surface area contributed by atoms with E-state index in [1.807, 2.05) is 48.2 Å². The summed E-state index contributed by atoms with van der Waals surface area (Å²) in [5, 5.41) is 2.09. The van der Waals surface area contributed by atoms with Crippen LogP contribution in [0.25, 0.3) is 0 Å². The highest BCUT2D eigenvalue weighted by atomic mass is 35.5. The molecule has 4 rings (SSSR count). The summed E-state index contributed by atoms with van der Waals surface area (Å²) in [6.07, 6.45) is 4.24. The van der Waals surface area contributed by atoms with Gasteiger partial charge in [0, 0.05) is 55.0 Å². The molecule has 1 unspecified atom stereocenters. The lowest BCUT2D eigenvalue weighted by molar-refractivity contribution is -0.119. The molecule has 1 saturated heterocycles. The first kappa shape index (κ1) is 25.7. The van der Waals surface area contributed by atoms with Crippen LogP contribution in [0.4, 0.5) is 5.69 Å². The molecule has 2 heterocycles. The Labute approximate surface area is 218 Å². The summed E-state index contributed by atoms with van der Waals surface area (Å²) in [7, 11) is 0. The van der Waals surface area contributed by atoms with Gasteiger partial charge in [-0.3, -0.25) is 4.79 Å². The standard InChI is InChI=1S/C29H35ClN2O2S/c1-2-29(33)32(24-10-4-3-5-11-24)25-16-20-31(21-17-25)19-15-23-9-6-7-12-26(23)34-27(14-18-30)28-13-8-22-35-28/h3-13,22,25,27H,2,14-21H2,1H3. The zero-order valence-corrected chi connectivity index (χ0v) is 22.0. The highest BCUT2D eigenvalue weighted by Crippen LogP contribution is 2.31. The number of hydrogen-bond acceptors (Lipinski definition) is 4. The average Bonchev–Trinajstić information content (AvgIpc) is 3.44. The van der Waals surface area contributed by atoms with Gasteiger partial charge in [-0.25, -0.2) is 0 Å². The quantitative estimate of drug-likeness (QED) is 0.262. The maximum absolute atomic E-state index is 12.8. The van der Waals surface area contributed by atoms with Crippen molar-refractivity contribution in [3.8, 4) is 5.75 Å². The Bertz CT molecular complexity index is 1040. The van der Waals surface area contributed by atoms with Crippen LogP contribution in [-0.4, -0.2) is 42.4 Å². The number of anilines is 1. The van der Waals surface area contributed by atoms with E-state index in [1.165, 1.54) is 10.4 Å². The van der Waals surface area contributed by atoms with Crippen molar-refractivity contribution in [2.75, 3.05) is 30.4 Å². The molecule has 1 amide bonds. The van der Waals surface area contributed by atoms with E-state index in [9.17, 15) is 4.79 Å². The van der Waals surface area contributed by atoms with Gasteiger partial charge in [0.05, 0.1) is 0 Å². The number of ether oxygens (including phenoxy) is 1. The largest absolute Gasteiger partial charge is 0.485 e. The van der Waals surface area contributed by atoms with Crippen LogP contribution in [0, 0.1) is 0 Å². The Morgan fingerprint density at radius 1 is 1.09 bits per heavy atom. The van der Waals surface area contributed by atoms with Gasteiger partial charge in [0.1, 0.15) is 11.9 Å². The van der Waals surface area contributed by atoms with E-state index in [2.05, 4.69) is 40.6 Å². The van der Waals surface area contributed by atoms with Gasteiger partial charge in [-0.15, -0.1) is 22.9 Å². The van der Waals surface area contributed by atoms with Gasteiger partial charge >= 0.3 is 0 Å². The predicted molar refractivity (Wildman–Crippen MR) is 147 cm³/mol. The molecule has 1 atom stereocenters. The minimum Gasteiger partial charge on any atom is -0.485 e. The molecule has 4 nitrogen and oxygen atoms in total. The van der Waals surface area contributed by atoms with Crippen molar-refractivity contribution in [2.45, 2.75) is 51.2 Å². The number of likely N-dealkylation sites (tertiary alicyclic amines) is 1. The lowest BCUT2D eigenvalue weighted by Gasteiger charge is -2.38. The Morgan fingerprint density at radius 3 is 2.51 bits per heavy atom. The summed E-state index contributed by atoms with van der Waals surface area (Å²) >= 11 is 7.79. The Balaban J connectivity index is 1.35. The highest BCUT2D eigenvalue weighted by Gasteiger charge is 2.28. The number of piperidine rings is 1. The van der Waals surface area contributed by atoms with Crippen molar-refractivity contribution >= 4 is 34.5 Å². The van der Waals surface area contributed by atoms with E-state index < -0.39 is 0 Å². The zero-order chi connectivity index (χ0) is 24.5. The number of para-hydroxylation sites is 2. The summed E-state index contributed by atoms with van der Waals surface area (Å²) in [5.74, 6) is 1.73. The minimum absolute atomic E-state index is 0.00975. The van der Waals surface area contributed by atoms with Crippen molar-refractivity contribution < 1.29 is 9.53 Å². The molecule has 1 fully saturated rings. The number of carbonyl (C=O) groups excluding carboxylic acids is 1. The SMILES string of the molecule is CCC(=O)N(c1ccccc1)C1CCN(CCc2ccccc2OC(CCCl)c2cccs2)CC1. The minimum atomic E-state index is -0.00975. The number of alkyl halides is 1. The van der Waals surface area contributed by atoms with Gasteiger partial charge in [0.15, 0.2) is 0 Å². The van der Waals surface area contributed by atoms with Crippen LogP contribution in [0.3, 0.4) is 0 Å². The fourth-order valence-electron chi connectivity index (χ4n) is 4.81. The summed E-state index contributed by atoms with van der Waals surface area (Å²) in [6.45, 7) is 4.93. The molecule has 2 aromatic carbocycles. The second-order valence-electron chi connectivity index (χ2n) is 8.98. The van der Waals surface area contributed by atoms with Crippen LogP contribution >= 0.6 is 22.9 Å². The molecule has 0 aliphatic carbocycles. The molecule has 0 saturated carbocycles. The normalized spacial score (nSPS) is 15.6. The lowest BCUT2D eigenvalue weighted by atomic mass is 10.0. The summed E-state index contributed by atoms with van der Waals surface area (Å²) in [5.41, 5.74) is 2.25. The summed E-state index contributed by atoms with van der Waals surface area (Å²) in [6, 6.07) is 22.9. The topological polar surface area (TPSA) is 32.8 Å². The highest BCUT2D eigenvalue weighted by molar-refractivity contribution is 7.10. The number of rotatable bonds is 11. The Morgan fingerprint density at radius 2 is 1.83 bits per heavy atom. The molecule has 0 N–H and O–H groups in total. The molecule has 1 aromatic heterocycles. The maximum Gasteiger partial charge on any atom is 0.226 e. The molecule has 0 radical (unpaired) electrons. The fourth-order valence-corrected chi connectivity index (χ4v) is 5.80. The third-order valence-electron chi connectivity index (χ3n) is 6.70. The smallest absolute Gasteiger partial charge is 0.226 e. The molecule has 6 heteroatoms. The molecular formula is C29H35ClN2O2S. The van der Waals surface area contributed by atoms with Gasteiger partial charge in [-0.1, -0.05) is 49.4 Å². The van der Waals surface area contributed by atoms with Gasteiger partial charge < -0.3 is 14.5 Å². The molecular weight excluding hydrogens is 476 g/mol. The molecule has 35 heavy (non-hydrogen) atoms. The molecule has 3 aromatic rings. The molecule has 1 aliphatic rings. The first-order valence-electron chi connectivity index (χ1n) is 12.6. The predicted octanol–water partition coefficient (Wildman–Crippen LogP) is 6.95. The molecule has 1 aliphatic heterocycles. The van der Waals surface area contributed by atoms with Gasteiger partial charge in [0.25, 0.3) is 0 Å². The van der Waals surface area contributed by atoms with E-state index in [-0.39, 0.29) is 18.1 Å². The van der Waals surface area contributed by atoms with Crippen molar-refractivity contribution in [3.63, 3.8) is 0 Å². The number of benzene rings is 2. The monoisotopic (exact) mass is 510 g/mol. The van der Waals surface area contributed by atoms with Crippen LogP contribution < -0.4 is 9.64 Å². The van der Waals surface area contributed by atoms with E-state index in [4.69, 9.17) is 16.3 Å². The van der Waals surface area contributed by atoms with Gasteiger partial charge in [-0.2, -0.15) is 0 Å². The number of carbonyl (C=O) groups is 1. The van der Waals surface area contributed by atoms with Gasteiger partial charge in [-0.05, 0) is 54.5 Å². The Hall–Kier alpha value is -2.34. The van der Waals surface area contributed by atoms with Crippen molar-refractivity contribution in [1.29, 1.82) is 0 Å². The van der Waals surface area contributed by atoms with E-state index in [1.54, 1.807) is 11.3 Å². The number of nitrogens with zero attached hydrogens (tertiary/aromatic N) is 2. The fraction of sp³-hybridized carbons (Fsp3) is 0.414. The third kappa shape index (κ3) is 6.87.